The molecule has 1 N–H and O–H groups in total. The lowest BCUT2D eigenvalue weighted by Crippen LogP contribution is -2.54. The molecule has 21 heavy (non-hydrogen) atoms. The summed E-state index contributed by atoms with van der Waals surface area (Å²) >= 11 is 6.12. The SMILES string of the molecule is CCOC1(C(Cc2cccc(Cl)c2)NC)CCC(C)CC1. The van der Waals surface area contributed by atoms with E-state index in [-0.39, 0.29) is 5.60 Å². The second-order valence-corrected chi connectivity index (χ2v) is 6.79. The van der Waals surface area contributed by atoms with Gasteiger partial charge in [0.1, 0.15) is 0 Å². The van der Waals surface area contributed by atoms with E-state index < -0.39 is 0 Å². The first kappa shape index (κ1) is 16.8. The van der Waals surface area contributed by atoms with Gasteiger partial charge in [-0.25, -0.2) is 0 Å². The van der Waals surface area contributed by atoms with Crippen LogP contribution in [0.5, 0.6) is 0 Å². The van der Waals surface area contributed by atoms with Crippen LogP contribution in [0.1, 0.15) is 45.1 Å². The summed E-state index contributed by atoms with van der Waals surface area (Å²) in [7, 11) is 2.05. The van der Waals surface area contributed by atoms with Crippen LogP contribution in [0.4, 0.5) is 0 Å². The van der Waals surface area contributed by atoms with E-state index in [0.29, 0.717) is 6.04 Å². The Kier molecular flexibility index (Phi) is 6.09. The molecule has 118 valence electrons. The largest absolute Gasteiger partial charge is 0.374 e. The fourth-order valence-corrected chi connectivity index (χ4v) is 3.80. The lowest BCUT2D eigenvalue weighted by atomic mass is 9.73. The van der Waals surface area contributed by atoms with Crippen LogP contribution in [0, 0.1) is 5.92 Å². The molecule has 0 bridgehead atoms. The van der Waals surface area contributed by atoms with Crippen LogP contribution < -0.4 is 5.32 Å². The molecule has 2 nitrogen and oxygen atoms in total. The van der Waals surface area contributed by atoms with Gasteiger partial charge < -0.3 is 10.1 Å². The Balaban J connectivity index is 2.15. The third-order valence-corrected chi connectivity index (χ3v) is 5.10. The maximum Gasteiger partial charge on any atom is 0.0837 e. The van der Waals surface area contributed by atoms with Gasteiger partial charge in [0, 0.05) is 17.7 Å². The standard InChI is InChI=1S/C18H28ClNO/c1-4-21-18(10-8-14(2)9-11-18)17(20-3)13-15-6-5-7-16(19)12-15/h5-7,12,14,17,20H,4,8-11,13H2,1-3H3. The molecule has 1 saturated carbocycles. The Bertz CT molecular complexity index is 441. The maximum absolute atomic E-state index is 6.28. The maximum atomic E-state index is 6.28. The average Bonchev–Trinajstić information content (AvgIpc) is 2.48. The second kappa shape index (κ2) is 7.62. The van der Waals surface area contributed by atoms with Crippen molar-refractivity contribution < 1.29 is 4.74 Å². The molecule has 1 aliphatic carbocycles. The Labute approximate surface area is 134 Å². The smallest absolute Gasteiger partial charge is 0.0837 e. The molecule has 1 aromatic rings. The predicted molar refractivity (Wildman–Crippen MR) is 90.0 cm³/mol. The number of rotatable bonds is 6. The van der Waals surface area contributed by atoms with E-state index >= 15 is 0 Å². The number of halogens is 1. The van der Waals surface area contributed by atoms with Crippen molar-refractivity contribution in [2.24, 2.45) is 5.92 Å². The van der Waals surface area contributed by atoms with Gasteiger partial charge in [-0.1, -0.05) is 30.7 Å². The molecule has 3 heteroatoms. The normalized spacial score (nSPS) is 27.5. The number of nitrogens with one attached hydrogen (secondary N) is 1. The molecule has 1 aliphatic rings. The highest BCUT2D eigenvalue weighted by Gasteiger charge is 2.41. The minimum absolute atomic E-state index is 0.0294. The first-order chi connectivity index (χ1) is 10.1. The molecule has 0 amide bonds. The Morgan fingerprint density at radius 3 is 2.67 bits per heavy atom. The van der Waals surface area contributed by atoms with Gasteiger partial charge in [0.05, 0.1) is 5.60 Å². The molecule has 1 fully saturated rings. The number of hydrogen-bond donors (Lipinski definition) is 1. The molecule has 1 atom stereocenters. The quantitative estimate of drug-likeness (QED) is 0.838. The van der Waals surface area contributed by atoms with Gasteiger partial charge in [-0.05, 0) is 69.7 Å². The van der Waals surface area contributed by atoms with Crippen LogP contribution in [-0.4, -0.2) is 25.3 Å². The van der Waals surface area contributed by atoms with Crippen LogP contribution in [-0.2, 0) is 11.2 Å². The van der Waals surface area contributed by atoms with Crippen molar-refractivity contribution >= 4 is 11.6 Å². The zero-order valence-corrected chi connectivity index (χ0v) is 14.2. The monoisotopic (exact) mass is 309 g/mol. The van der Waals surface area contributed by atoms with Crippen molar-refractivity contribution in [3.8, 4) is 0 Å². The van der Waals surface area contributed by atoms with E-state index in [1.165, 1.54) is 18.4 Å². The van der Waals surface area contributed by atoms with Gasteiger partial charge in [-0.3, -0.25) is 0 Å². The van der Waals surface area contributed by atoms with Gasteiger partial charge in [0.2, 0.25) is 0 Å². The lowest BCUT2D eigenvalue weighted by molar-refractivity contribution is -0.0947. The van der Waals surface area contributed by atoms with E-state index in [2.05, 4.69) is 31.3 Å². The van der Waals surface area contributed by atoms with Crippen molar-refractivity contribution in [1.29, 1.82) is 0 Å². The van der Waals surface area contributed by atoms with Crippen molar-refractivity contribution in [3.05, 3.63) is 34.9 Å². The van der Waals surface area contributed by atoms with Gasteiger partial charge in [0.25, 0.3) is 0 Å². The molecule has 0 aromatic heterocycles. The number of ether oxygens (including phenoxy) is 1. The van der Waals surface area contributed by atoms with Crippen LogP contribution >= 0.6 is 11.6 Å². The average molecular weight is 310 g/mol. The summed E-state index contributed by atoms with van der Waals surface area (Å²) in [6.45, 7) is 5.23. The third kappa shape index (κ3) is 4.21. The van der Waals surface area contributed by atoms with Crippen LogP contribution in [0.15, 0.2) is 24.3 Å². The first-order valence-corrected chi connectivity index (χ1v) is 8.53. The highest BCUT2D eigenvalue weighted by atomic mass is 35.5. The summed E-state index contributed by atoms with van der Waals surface area (Å²) in [5.41, 5.74) is 1.25. The highest BCUT2D eigenvalue weighted by molar-refractivity contribution is 6.30. The summed E-state index contributed by atoms with van der Waals surface area (Å²) in [5.74, 6) is 0.822. The number of hydrogen-bond acceptors (Lipinski definition) is 2. The molecular weight excluding hydrogens is 282 g/mol. The highest BCUT2D eigenvalue weighted by Crippen LogP contribution is 2.38. The first-order valence-electron chi connectivity index (χ1n) is 8.15. The Hall–Kier alpha value is -0.570. The van der Waals surface area contributed by atoms with Crippen molar-refractivity contribution in [2.45, 2.75) is 57.6 Å². The zero-order valence-electron chi connectivity index (χ0n) is 13.5. The topological polar surface area (TPSA) is 21.3 Å². The summed E-state index contributed by atoms with van der Waals surface area (Å²) in [6, 6.07) is 8.52. The summed E-state index contributed by atoms with van der Waals surface area (Å²) in [5, 5.41) is 4.32. The van der Waals surface area contributed by atoms with Crippen molar-refractivity contribution in [3.63, 3.8) is 0 Å². The van der Waals surface area contributed by atoms with Crippen LogP contribution in [0.2, 0.25) is 5.02 Å². The minimum Gasteiger partial charge on any atom is -0.374 e. The fraction of sp³-hybridized carbons (Fsp3) is 0.667. The molecular formula is C18H28ClNO. The second-order valence-electron chi connectivity index (χ2n) is 6.36. The Morgan fingerprint density at radius 1 is 1.38 bits per heavy atom. The number of benzene rings is 1. The zero-order chi connectivity index (χ0) is 15.3. The number of likely N-dealkylation sites (N-methyl/N-ethyl adjacent to an activating group) is 1. The lowest BCUT2D eigenvalue weighted by Gasteiger charge is -2.45. The molecule has 1 unspecified atom stereocenters. The van der Waals surface area contributed by atoms with E-state index in [0.717, 1.165) is 36.8 Å². The molecule has 0 spiro atoms. The molecule has 1 aromatic carbocycles. The molecule has 0 aliphatic heterocycles. The summed E-state index contributed by atoms with van der Waals surface area (Å²) < 4.78 is 6.28. The van der Waals surface area contributed by atoms with Gasteiger partial charge in [0.15, 0.2) is 0 Å². The summed E-state index contributed by atoms with van der Waals surface area (Å²) in [4.78, 5) is 0. The van der Waals surface area contributed by atoms with E-state index in [9.17, 15) is 0 Å². The van der Waals surface area contributed by atoms with E-state index in [1.54, 1.807) is 0 Å². The molecule has 0 saturated heterocycles. The van der Waals surface area contributed by atoms with Crippen molar-refractivity contribution in [1.82, 2.24) is 5.32 Å². The van der Waals surface area contributed by atoms with Crippen LogP contribution in [0.3, 0.4) is 0 Å². The molecule has 0 heterocycles. The van der Waals surface area contributed by atoms with Crippen LogP contribution in [0.25, 0.3) is 0 Å². The third-order valence-electron chi connectivity index (χ3n) is 4.86. The van der Waals surface area contributed by atoms with Crippen molar-refractivity contribution in [2.75, 3.05) is 13.7 Å². The van der Waals surface area contributed by atoms with E-state index in [4.69, 9.17) is 16.3 Å². The van der Waals surface area contributed by atoms with E-state index in [1.807, 2.05) is 19.2 Å². The molecule has 0 radical (unpaired) electrons. The summed E-state index contributed by atoms with van der Waals surface area (Å²) in [6.07, 6.45) is 5.77. The predicted octanol–water partition coefficient (Wildman–Crippen LogP) is 4.46. The molecule has 2 rings (SSSR count). The van der Waals surface area contributed by atoms with Gasteiger partial charge in [-0.15, -0.1) is 0 Å². The minimum atomic E-state index is -0.0294. The fourth-order valence-electron chi connectivity index (χ4n) is 3.58. The Morgan fingerprint density at radius 2 is 2.10 bits per heavy atom. The van der Waals surface area contributed by atoms with Gasteiger partial charge in [-0.2, -0.15) is 0 Å². The van der Waals surface area contributed by atoms with Gasteiger partial charge >= 0.3 is 0 Å².